The van der Waals surface area contributed by atoms with E-state index in [-0.39, 0.29) is 4.90 Å². The van der Waals surface area contributed by atoms with E-state index in [4.69, 9.17) is 4.74 Å². The van der Waals surface area contributed by atoms with E-state index in [0.717, 1.165) is 30.0 Å². The van der Waals surface area contributed by atoms with E-state index >= 15 is 0 Å². The van der Waals surface area contributed by atoms with Crippen molar-refractivity contribution in [2.75, 3.05) is 0 Å². The molecule has 1 aliphatic rings. The summed E-state index contributed by atoms with van der Waals surface area (Å²) in [6, 6.07) is 6.48. The first kappa shape index (κ1) is 21.7. The van der Waals surface area contributed by atoms with Crippen LogP contribution in [0.4, 0.5) is 0 Å². The highest BCUT2D eigenvalue weighted by atomic mass is 127. The normalized spacial score (nSPS) is 14.4. The Hall–Kier alpha value is 0.0100. The van der Waals surface area contributed by atoms with Gasteiger partial charge in [-0.15, -0.1) is 0 Å². The highest BCUT2D eigenvalue weighted by Gasteiger charge is 2.23. The lowest BCUT2D eigenvalue weighted by atomic mass is 10.0. The number of benzene rings is 2. The molecule has 5 nitrogen and oxygen atoms in total. The summed E-state index contributed by atoms with van der Waals surface area (Å²) in [6.45, 7) is 0. The largest absolute Gasteiger partial charge is 0.744 e. The van der Waals surface area contributed by atoms with Gasteiger partial charge in [-0.05, 0) is 129 Å². The molecule has 0 amide bonds. The van der Waals surface area contributed by atoms with Crippen molar-refractivity contribution in [3.05, 3.63) is 51.7 Å². The van der Waals surface area contributed by atoms with Crippen LogP contribution in [0.25, 0.3) is 0 Å². The van der Waals surface area contributed by atoms with Crippen LogP contribution in [0.2, 0.25) is 0 Å². The molecule has 144 valence electrons. The van der Waals surface area contributed by atoms with Crippen LogP contribution in [0, 0.1) is 10.7 Å². The second kappa shape index (κ2) is 8.79. The van der Waals surface area contributed by atoms with Crippen molar-refractivity contribution in [3.8, 4) is 5.75 Å². The minimum atomic E-state index is -4.57. The number of carbonyl (C=O) groups is 1. The van der Waals surface area contributed by atoms with Crippen molar-refractivity contribution in [1.82, 2.24) is 0 Å². The van der Waals surface area contributed by atoms with Crippen LogP contribution in [-0.4, -0.2) is 18.9 Å². The number of esters is 1. The fourth-order valence-corrected chi connectivity index (χ4v) is 6.26. The number of hydrogen-bond donors (Lipinski definition) is 0. The number of rotatable bonds is 3. The summed E-state index contributed by atoms with van der Waals surface area (Å²) < 4.78 is 43.1. The molecule has 0 fully saturated rings. The average molecular weight is 723 g/mol. The molecule has 9 heteroatoms. The zero-order valence-corrected chi connectivity index (χ0v) is 21.2. The lowest BCUT2D eigenvalue weighted by molar-refractivity contribution is 0.0730. The minimum absolute atomic E-state index is 0.197. The first-order chi connectivity index (χ1) is 12.7. The highest BCUT2D eigenvalue weighted by molar-refractivity contribution is 14.1. The third kappa shape index (κ3) is 4.78. The molecule has 1 aliphatic carbocycles. The number of carbonyl (C=O) groups excluding carboxylic acids is 1. The quantitative estimate of drug-likeness (QED) is 0.113. The number of halogens is 3. The van der Waals surface area contributed by atoms with E-state index < -0.39 is 16.1 Å². The fraction of sp³-hybridized carbons (Fsp3) is 0.278. The average Bonchev–Trinajstić information content (AvgIpc) is 2.84. The summed E-state index contributed by atoms with van der Waals surface area (Å²) in [6.07, 6.45) is 3.68. The Bertz CT molecular complexity index is 1020. The molecule has 0 saturated carbocycles. The number of fused-ring (bicyclic) bond motifs is 1. The van der Waals surface area contributed by atoms with Crippen LogP contribution in [0.15, 0.2) is 29.2 Å². The Labute approximate surface area is 198 Å². The second-order valence-corrected chi connectivity index (χ2v) is 10.9. The van der Waals surface area contributed by atoms with Crippen LogP contribution < -0.4 is 4.74 Å². The SMILES string of the molecule is O=C(Oc1ccc(S(=O)(=O)[O-])c2c1CCCCC2)c1c(I)ccc(I)c1I. The van der Waals surface area contributed by atoms with Crippen LogP contribution in [0.5, 0.6) is 5.75 Å². The molecule has 0 unspecified atom stereocenters. The summed E-state index contributed by atoms with van der Waals surface area (Å²) in [7, 11) is -4.57. The van der Waals surface area contributed by atoms with Crippen molar-refractivity contribution in [1.29, 1.82) is 0 Å². The monoisotopic (exact) mass is 723 g/mol. The van der Waals surface area contributed by atoms with Crippen LogP contribution in [-0.2, 0) is 23.0 Å². The van der Waals surface area contributed by atoms with Crippen molar-refractivity contribution in [2.24, 2.45) is 0 Å². The Morgan fingerprint density at radius 1 is 0.926 bits per heavy atom. The molecule has 0 aromatic heterocycles. The molecular formula is C18H14I3O5S-. The molecule has 0 aliphatic heterocycles. The summed E-state index contributed by atoms with van der Waals surface area (Å²) in [5.41, 5.74) is 1.65. The molecule has 0 saturated heterocycles. The Morgan fingerprint density at radius 2 is 1.56 bits per heavy atom. The van der Waals surface area contributed by atoms with Gasteiger partial charge >= 0.3 is 5.97 Å². The van der Waals surface area contributed by atoms with Crippen LogP contribution in [0.1, 0.15) is 40.7 Å². The standard InChI is InChI=1S/C18H15I3O5S/c19-12-6-7-13(20)17(21)16(12)18(22)26-14-8-9-15(27(23,24)25)11-5-3-1-2-4-10(11)14/h6-9H,1-5H2,(H,23,24,25)/p-1. The minimum Gasteiger partial charge on any atom is -0.744 e. The summed E-state index contributed by atoms with van der Waals surface area (Å²) >= 11 is 6.38. The van der Waals surface area contributed by atoms with E-state index in [2.05, 4.69) is 67.8 Å². The first-order valence-corrected chi connectivity index (χ1v) is 12.8. The van der Waals surface area contributed by atoms with Gasteiger partial charge in [-0.2, -0.15) is 0 Å². The zero-order chi connectivity index (χ0) is 19.8. The molecule has 0 heterocycles. The molecule has 0 atom stereocenters. The zero-order valence-electron chi connectivity index (χ0n) is 13.9. The van der Waals surface area contributed by atoms with Gasteiger partial charge in [0, 0.05) is 10.7 Å². The molecule has 0 N–H and O–H groups in total. The summed E-state index contributed by atoms with van der Waals surface area (Å²) in [5, 5.41) is 0. The maximum atomic E-state index is 12.8. The van der Waals surface area contributed by atoms with Crippen molar-refractivity contribution in [2.45, 2.75) is 37.0 Å². The van der Waals surface area contributed by atoms with E-state index in [9.17, 15) is 17.8 Å². The summed E-state index contributed by atoms with van der Waals surface area (Å²) in [4.78, 5) is 12.6. The molecule has 0 spiro atoms. The van der Waals surface area contributed by atoms with Gasteiger partial charge < -0.3 is 9.29 Å². The fourth-order valence-electron chi connectivity index (χ4n) is 3.17. The first-order valence-electron chi connectivity index (χ1n) is 8.16. The molecule has 2 aromatic carbocycles. The molecule has 0 radical (unpaired) electrons. The van der Waals surface area contributed by atoms with E-state index in [1.54, 1.807) is 0 Å². The third-order valence-corrected chi connectivity index (χ3v) is 9.29. The number of ether oxygens (including phenoxy) is 1. The lowest BCUT2D eigenvalue weighted by Crippen LogP contribution is -2.15. The van der Waals surface area contributed by atoms with Crippen molar-refractivity contribution < 1.29 is 22.5 Å². The van der Waals surface area contributed by atoms with E-state index in [0.29, 0.717) is 35.3 Å². The highest BCUT2D eigenvalue weighted by Crippen LogP contribution is 2.34. The maximum Gasteiger partial charge on any atom is 0.345 e. The van der Waals surface area contributed by atoms with Gasteiger partial charge in [0.05, 0.1) is 10.5 Å². The van der Waals surface area contributed by atoms with E-state index in [1.807, 2.05) is 12.1 Å². The van der Waals surface area contributed by atoms with E-state index in [1.165, 1.54) is 12.1 Å². The summed E-state index contributed by atoms with van der Waals surface area (Å²) in [5.74, 6) is -0.138. The van der Waals surface area contributed by atoms with Gasteiger partial charge in [0.25, 0.3) is 0 Å². The van der Waals surface area contributed by atoms with Gasteiger partial charge in [-0.1, -0.05) is 6.42 Å². The van der Waals surface area contributed by atoms with Gasteiger partial charge in [-0.25, -0.2) is 13.2 Å². The Balaban J connectivity index is 2.06. The van der Waals surface area contributed by atoms with Gasteiger partial charge in [0.1, 0.15) is 15.9 Å². The second-order valence-electron chi connectivity index (χ2n) is 6.14. The predicted octanol–water partition coefficient (Wildman–Crippen LogP) is 4.89. The molecule has 0 bridgehead atoms. The van der Waals surface area contributed by atoms with Crippen molar-refractivity contribution >= 4 is 83.9 Å². The maximum absolute atomic E-state index is 12.8. The predicted molar refractivity (Wildman–Crippen MR) is 125 cm³/mol. The lowest BCUT2D eigenvalue weighted by Gasteiger charge is -2.19. The van der Waals surface area contributed by atoms with Crippen LogP contribution >= 0.6 is 67.8 Å². The van der Waals surface area contributed by atoms with Gasteiger partial charge in [-0.3, -0.25) is 0 Å². The molecular weight excluding hydrogens is 709 g/mol. The Kier molecular flexibility index (Phi) is 7.07. The topological polar surface area (TPSA) is 83.5 Å². The molecule has 27 heavy (non-hydrogen) atoms. The third-order valence-electron chi connectivity index (χ3n) is 4.42. The Morgan fingerprint density at radius 3 is 2.22 bits per heavy atom. The number of hydrogen-bond acceptors (Lipinski definition) is 5. The molecule has 2 aromatic rings. The smallest absolute Gasteiger partial charge is 0.345 e. The van der Waals surface area contributed by atoms with Crippen molar-refractivity contribution in [3.63, 3.8) is 0 Å². The van der Waals surface area contributed by atoms with Crippen LogP contribution in [0.3, 0.4) is 0 Å². The van der Waals surface area contributed by atoms with Gasteiger partial charge in [0.2, 0.25) is 0 Å². The van der Waals surface area contributed by atoms with Gasteiger partial charge in [0.15, 0.2) is 0 Å². The molecule has 3 rings (SSSR count).